The number of halogens is 2. The van der Waals surface area contributed by atoms with E-state index >= 15 is 8.78 Å². The molecule has 97 heavy (non-hydrogen) atoms. The van der Waals surface area contributed by atoms with Crippen LogP contribution >= 0.6 is 0 Å². The maximum Gasteiger partial charge on any atom is 0.123 e. The lowest BCUT2D eigenvalue weighted by molar-refractivity contribution is 0.0485. The SMILES string of the molecule is C=CC1=CCC(Oc2ccc(C3(C4=CCCC=C4)C4=C(C=CCC4)C4CCC(N(C5=CC6OC7CC(N(C8=CC9=C(CC8)C8=C(C=CCC8)C9(C8=CCC(Oc9ccc(C=C)cc9)C=C8)c8ccccc8)c8ccc(F)cc8)C=CC7C6C=C5)C5CC=C(F)CC5)=CC43)cc2)C=C1. The van der Waals surface area contributed by atoms with E-state index in [1.807, 2.05) is 42.5 Å². The topological polar surface area (TPSA) is 34.2 Å². The molecule has 5 nitrogen and oxygen atoms in total. The van der Waals surface area contributed by atoms with Crippen LogP contribution in [0.1, 0.15) is 119 Å². The molecule has 1 saturated heterocycles. The van der Waals surface area contributed by atoms with E-state index < -0.39 is 5.41 Å². The van der Waals surface area contributed by atoms with E-state index in [2.05, 4.69) is 211 Å². The first kappa shape index (κ1) is 61.5. The summed E-state index contributed by atoms with van der Waals surface area (Å²) < 4.78 is 51.2. The number of allylic oxidation sites excluding steroid dienone is 25. The van der Waals surface area contributed by atoms with Gasteiger partial charge in [0.05, 0.1) is 29.5 Å². The molecule has 4 aromatic carbocycles. The van der Waals surface area contributed by atoms with Gasteiger partial charge in [-0.1, -0.05) is 183 Å². The molecule has 0 bridgehead atoms. The molecule has 1 aliphatic heterocycles. The Morgan fingerprint density at radius 2 is 1.33 bits per heavy atom. The molecule has 12 aliphatic carbocycles. The number of rotatable bonds is 16. The van der Waals surface area contributed by atoms with Crippen LogP contribution in [0.15, 0.2) is 323 Å². The van der Waals surface area contributed by atoms with Crippen molar-refractivity contribution < 1.29 is 23.0 Å². The normalized spacial score (nSPS) is 31.1. The highest BCUT2D eigenvalue weighted by Gasteiger charge is 2.57. The number of benzene rings is 4. The van der Waals surface area contributed by atoms with Crippen molar-refractivity contribution in [1.82, 2.24) is 4.90 Å². The molecule has 0 saturated carbocycles. The number of hydrogen-bond acceptors (Lipinski definition) is 5. The first-order valence-corrected chi connectivity index (χ1v) is 36.1. The average Bonchev–Trinajstić information content (AvgIpc) is 1.57. The van der Waals surface area contributed by atoms with Crippen LogP contribution in [0.3, 0.4) is 0 Å². The largest absolute Gasteiger partial charge is 0.486 e. The van der Waals surface area contributed by atoms with Gasteiger partial charge in [0, 0.05) is 71.3 Å². The second-order valence-corrected chi connectivity index (χ2v) is 28.7. The zero-order valence-electron chi connectivity index (χ0n) is 55.5. The van der Waals surface area contributed by atoms with Crippen LogP contribution in [-0.2, 0) is 15.6 Å². The molecule has 0 aromatic heterocycles. The summed E-state index contributed by atoms with van der Waals surface area (Å²) in [6.45, 7) is 7.91. The molecule has 0 spiro atoms. The third kappa shape index (κ3) is 10.8. The van der Waals surface area contributed by atoms with Gasteiger partial charge in [-0.2, -0.15) is 0 Å². The monoisotopic (exact) mass is 1280 g/mol. The van der Waals surface area contributed by atoms with E-state index in [9.17, 15) is 0 Å². The summed E-state index contributed by atoms with van der Waals surface area (Å²) in [6.07, 6.45) is 67.3. The van der Waals surface area contributed by atoms with Gasteiger partial charge in [0.2, 0.25) is 0 Å². The minimum absolute atomic E-state index is 0.000962. The van der Waals surface area contributed by atoms with Crippen LogP contribution in [0.4, 0.5) is 14.5 Å². The molecule has 13 aliphatic rings. The Kier molecular flexibility index (Phi) is 16.3. The van der Waals surface area contributed by atoms with Crippen molar-refractivity contribution in [3.8, 4) is 11.5 Å². The molecule has 4 aromatic rings. The zero-order chi connectivity index (χ0) is 65.2. The van der Waals surface area contributed by atoms with Crippen LogP contribution in [0.2, 0.25) is 0 Å². The van der Waals surface area contributed by atoms with Gasteiger partial charge in [-0.25, -0.2) is 8.78 Å². The lowest BCUT2D eigenvalue weighted by atomic mass is 9.59. The summed E-state index contributed by atoms with van der Waals surface area (Å²) in [5.74, 6) is 2.36. The maximum absolute atomic E-state index is 15.3. The fraction of sp³-hybridized carbons (Fsp3) is 0.311. The smallest absolute Gasteiger partial charge is 0.123 e. The highest BCUT2D eigenvalue weighted by molar-refractivity contribution is 5.77. The predicted molar refractivity (Wildman–Crippen MR) is 389 cm³/mol. The Morgan fingerprint density at radius 1 is 0.557 bits per heavy atom. The van der Waals surface area contributed by atoms with Crippen LogP contribution in [0.5, 0.6) is 11.5 Å². The predicted octanol–water partition coefficient (Wildman–Crippen LogP) is 21.3. The fourth-order valence-electron chi connectivity index (χ4n) is 19.3. The van der Waals surface area contributed by atoms with Gasteiger partial charge in [-0.3, -0.25) is 0 Å². The standard InChI is InChI=1S/C90H86F2N2O3/c1-3-59-23-43-73(44-24-59)95-75-47-27-63(28-48-75)89(61-15-7-5-8-16-61)83-21-13-11-19-77(83)79-51-39-69(55-85(79)89)93(67-35-31-65(91)32-36-67)71-41-53-81-82-54-42-72(58-88(82)97-87(81)57-71)94(68-37-33-66(92)34-38-68)70-40-52-80-78-20-12-14-22-84(78)90(86(80)56-70,62-17-9-6-10-18-62)64-29-49-76(50-30-64)96-74-45-25-60(4-2)26-46-74/h3-5,7-9,12-13,15-18,20-21,23-33,35-36,41-45,47,49-50,53-56,58,68,71,74-75,80-82,86-88H,1-2,6,10-11,14,19,22,34,37-40,46,48,51-52,57H2. The highest BCUT2D eigenvalue weighted by Crippen LogP contribution is 2.64. The number of fused-ring (bicyclic) bond motifs is 6. The van der Waals surface area contributed by atoms with E-state index in [0.29, 0.717) is 18.8 Å². The average molecular weight is 1280 g/mol. The van der Waals surface area contributed by atoms with Gasteiger partial charge in [0.1, 0.15) is 29.5 Å². The third-order valence-corrected chi connectivity index (χ3v) is 23.7. The van der Waals surface area contributed by atoms with E-state index in [0.717, 1.165) is 124 Å². The minimum Gasteiger partial charge on any atom is -0.486 e. The first-order valence-electron chi connectivity index (χ1n) is 36.1. The zero-order valence-corrected chi connectivity index (χ0v) is 55.5. The van der Waals surface area contributed by atoms with Gasteiger partial charge in [-0.05, 0) is 230 Å². The van der Waals surface area contributed by atoms with Gasteiger partial charge >= 0.3 is 0 Å². The van der Waals surface area contributed by atoms with Gasteiger partial charge in [0.15, 0.2) is 0 Å². The van der Waals surface area contributed by atoms with Crippen molar-refractivity contribution in [1.29, 1.82) is 0 Å². The van der Waals surface area contributed by atoms with Crippen LogP contribution in [-0.4, -0.2) is 41.4 Å². The van der Waals surface area contributed by atoms with E-state index in [4.69, 9.17) is 14.2 Å². The Morgan fingerprint density at radius 3 is 2.07 bits per heavy atom. The van der Waals surface area contributed by atoms with E-state index in [1.165, 1.54) is 61.5 Å². The second-order valence-electron chi connectivity index (χ2n) is 28.7. The van der Waals surface area contributed by atoms with Crippen molar-refractivity contribution >= 4 is 11.8 Å². The van der Waals surface area contributed by atoms with Crippen LogP contribution in [0.25, 0.3) is 6.08 Å². The third-order valence-electron chi connectivity index (χ3n) is 23.7. The lowest BCUT2D eigenvalue weighted by Gasteiger charge is -2.46. The molecular weight excluding hydrogens is 1190 g/mol. The Hall–Kier alpha value is -9.04. The van der Waals surface area contributed by atoms with Crippen molar-refractivity contribution in [2.45, 2.75) is 150 Å². The highest BCUT2D eigenvalue weighted by atomic mass is 19.1. The Bertz CT molecular complexity index is 4390. The number of hydrogen-bond donors (Lipinski definition) is 0. The van der Waals surface area contributed by atoms with E-state index in [-0.39, 0.29) is 71.3 Å². The van der Waals surface area contributed by atoms with Crippen molar-refractivity contribution in [3.63, 3.8) is 0 Å². The summed E-state index contributed by atoms with van der Waals surface area (Å²) in [5.41, 5.74) is 20.0. The second kappa shape index (κ2) is 25.8. The molecule has 0 amide bonds. The molecule has 1 fully saturated rings. The summed E-state index contributed by atoms with van der Waals surface area (Å²) in [7, 11) is 0. The minimum atomic E-state index is -0.544. The lowest BCUT2D eigenvalue weighted by Crippen LogP contribution is -2.42. The molecule has 12 unspecified atom stereocenters. The molecule has 1 heterocycles. The molecule has 0 radical (unpaired) electrons. The van der Waals surface area contributed by atoms with Gasteiger partial charge < -0.3 is 24.0 Å². The van der Waals surface area contributed by atoms with Crippen LogP contribution < -0.4 is 14.4 Å². The summed E-state index contributed by atoms with van der Waals surface area (Å²) in [6, 6.07) is 35.7. The van der Waals surface area contributed by atoms with E-state index in [1.54, 1.807) is 17.7 Å². The molecule has 7 heteroatoms. The Labute approximate surface area is 572 Å². The van der Waals surface area contributed by atoms with Gasteiger partial charge in [0.25, 0.3) is 0 Å². The molecule has 0 N–H and O–H groups in total. The molecular formula is C90H86F2N2O3. The van der Waals surface area contributed by atoms with Crippen molar-refractivity contribution in [2.24, 2.45) is 23.7 Å². The molecule has 17 rings (SSSR count). The summed E-state index contributed by atoms with van der Waals surface area (Å²) >= 11 is 0. The number of ether oxygens (including phenoxy) is 3. The quantitative estimate of drug-likeness (QED) is 0.104. The van der Waals surface area contributed by atoms with Gasteiger partial charge in [-0.15, -0.1) is 0 Å². The molecule has 12 atom stereocenters. The number of nitrogens with zero attached hydrogens (tertiary/aromatic N) is 2. The summed E-state index contributed by atoms with van der Waals surface area (Å²) in [5, 5.41) is 0. The Balaban J connectivity index is 0.690. The van der Waals surface area contributed by atoms with Crippen LogP contribution in [0, 0.1) is 29.5 Å². The number of anilines is 1. The first-order chi connectivity index (χ1) is 47.7. The van der Waals surface area contributed by atoms with Crippen molar-refractivity contribution in [2.75, 3.05) is 4.90 Å². The fourth-order valence-corrected chi connectivity index (χ4v) is 19.3. The summed E-state index contributed by atoms with van der Waals surface area (Å²) in [4.78, 5) is 5.16. The molecule has 488 valence electrons. The van der Waals surface area contributed by atoms with Crippen molar-refractivity contribution in [3.05, 3.63) is 346 Å². The maximum atomic E-state index is 15.3.